The standard InChI is InChI=1S/C16H18N6O/c1-2-13-19-14-8-7-10(9-22(14)21-13)17-16-18-12-6-4-3-5-11(12)15(23)20-16/h3-6,10H,2,7-9H2,1H3,(H2,17,18,20,23). The fourth-order valence-electron chi connectivity index (χ4n) is 2.98. The lowest BCUT2D eigenvalue weighted by molar-refractivity contribution is 0.439. The molecule has 1 aromatic carbocycles. The Balaban J connectivity index is 1.58. The van der Waals surface area contributed by atoms with Crippen molar-refractivity contribution in [2.75, 3.05) is 5.32 Å². The van der Waals surface area contributed by atoms with Crippen LogP contribution in [0.5, 0.6) is 0 Å². The third-order valence-corrected chi connectivity index (χ3v) is 4.17. The normalized spacial score (nSPS) is 17.2. The summed E-state index contributed by atoms with van der Waals surface area (Å²) in [6.07, 6.45) is 2.67. The highest BCUT2D eigenvalue weighted by molar-refractivity contribution is 5.78. The Morgan fingerprint density at radius 2 is 2.22 bits per heavy atom. The van der Waals surface area contributed by atoms with Crippen molar-refractivity contribution in [3.63, 3.8) is 0 Å². The molecule has 7 heteroatoms. The number of aryl methyl sites for hydroxylation is 2. The Hall–Kier alpha value is -2.70. The van der Waals surface area contributed by atoms with E-state index in [0.29, 0.717) is 16.9 Å². The molecule has 4 rings (SSSR count). The summed E-state index contributed by atoms with van der Waals surface area (Å²) in [5.74, 6) is 2.44. The maximum Gasteiger partial charge on any atom is 0.260 e. The fraction of sp³-hybridized carbons (Fsp3) is 0.375. The Bertz CT molecular complexity index is 912. The highest BCUT2D eigenvalue weighted by Crippen LogP contribution is 2.16. The first-order chi connectivity index (χ1) is 11.2. The number of hydrogen-bond donors (Lipinski definition) is 2. The maximum atomic E-state index is 12.1. The molecule has 0 saturated heterocycles. The first kappa shape index (κ1) is 13.9. The van der Waals surface area contributed by atoms with Gasteiger partial charge in [-0.05, 0) is 18.6 Å². The smallest absolute Gasteiger partial charge is 0.260 e. The van der Waals surface area contributed by atoms with E-state index in [1.54, 1.807) is 6.07 Å². The molecule has 7 nitrogen and oxygen atoms in total. The van der Waals surface area contributed by atoms with Crippen molar-refractivity contribution in [3.05, 3.63) is 46.3 Å². The van der Waals surface area contributed by atoms with Gasteiger partial charge in [0.2, 0.25) is 5.95 Å². The van der Waals surface area contributed by atoms with E-state index < -0.39 is 0 Å². The molecule has 0 spiro atoms. The predicted octanol–water partition coefficient (Wildman–Crippen LogP) is 1.50. The van der Waals surface area contributed by atoms with Gasteiger partial charge >= 0.3 is 0 Å². The van der Waals surface area contributed by atoms with Gasteiger partial charge in [0.05, 0.1) is 17.4 Å². The monoisotopic (exact) mass is 310 g/mol. The van der Waals surface area contributed by atoms with E-state index in [0.717, 1.165) is 37.5 Å². The van der Waals surface area contributed by atoms with Gasteiger partial charge in [0.15, 0.2) is 5.82 Å². The van der Waals surface area contributed by atoms with Gasteiger partial charge in [-0.1, -0.05) is 19.1 Å². The van der Waals surface area contributed by atoms with Crippen LogP contribution in [0.25, 0.3) is 10.9 Å². The lowest BCUT2D eigenvalue weighted by Crippen LogP contribution is -2.33. The maximum absolute atomic E-state index is 12.1. The minimum absolute atomic E-state index is 0.122. The number of anilines is 1. The lowest BCUT2D eigenvalue weighted by atomic mass is 10.1. The molecule has 0 bridgehead atoms. The van der Waals surface area contributed by atoms with Crippen LogP contribution in [0, 0.1) is 0 Å². The number of benzene rings is 1. The minimum Gasteiger partial charge on any atom is -0.351 e. The van der Waals surface area contributed by atoms with E-state index in [-0.39, 0.29) is 11.6 Å². The van der Waals surface area contributed by atoms with Crippen molar-refractivity contribution in [1.29, 1.82) is 0 Å². The molecule has 3 heterocycles. The third-order valence-electron chi connectivity index (χ3n) is 4.17. The van der Waals surface area contributed by atoms with Gasteiger partial charge in [-0.15, -0.1) is 0 Å². The molecule has 2 aromatic heterocycles. The molecule has 1 aliphatic rings. The zero-order chi connectivity index (χ0) is 15.8. The average molecular weight is 310 g/mol. The zero-order valence-corrected chi connectivity index (χ0v) is 12.9. The van der Waals surface area contributed by atoms with Crippen molar-refractivity contribution in [1.82, 2.24) is 24.7 Å². The summed E-state index contributed by atoms with van der Waals surface area (Å²) in [6.45, 7) is 2.79. The molecule has 0 fully saturated rings. The van der Waals surface area contributed by atoms with Crippen LogP contribution in [-0.4, -0.2) is 30.8 Å². The summed E-state index contributed by atoms with van der Waals surface area (Å²) in [5, 5.41) is 8.43. The second kappa shape index (κ2) is 5.49. The minimum atomic E-state index is -0.122. The van der Waals surface area contributed by atoms with E-state index in [2.05, 4.69) is 32.3 Å². The summed E-state index contributed by atoms with van der Waals surface area (Å²) in [4.78, 5) is 23.9. The van der Waals surface area contributed by atoms with Gasteiger partial charge in [-0.25, -0.2) is 14.6 Å². The topological polar surface area (TPSA) is 88.5 Å². The number of nitrogens with zero attached hydrogens (tertiary/aromatic N) is 4. The van der Waals surface area contributed by atoms with E-state index in [1.165, 1.54) is 0 Å². The van der Waals surface area contributed by atoms with Gasteiger partial charge in [0.1, 0.15) is 5.82 Å². The van der Waals surface area contributed by atoms with E-state index in [1.807, 2.05) is 22.9 Å². The summed E-state index contributed by atoms with van der Waals surface area (Å²) >= 11 is 0. The van der Waals surface area contributed by atoms with Crippen LogP contribution >= 0.6 is 0 Å². The molecule has 1 atom stereocenters. The molecule has 0 aliphatic carbocycles. The van der Waals surface area contributed by atoms with Crippen LogP contribution in [0.4, 0.5) is 5.95 Å². The Labute approximate surface area is 132 Å². The second-order valence-electron chi connectivity index (χ2n) is 5.79. The van der Waals surface area contributed by atoms with Crippen LogP contribution in [0.15, 0.2) is 29.1 Å². The van der Waals surface area contributed by atoms with E-state index in [4.69, 9.17) is 0 Å². The van der Waals surface area contributed by atoms with Crippen LogP contribution in [-0.2, 0) is 19.4 Å². The number of aromatic nitrogens is 5. The van der Waals surface area contributed by atoms with Crippen molar-refractivity contribution >= 4 is 16.9 Å². The Kier molecular flexibility index (Phi) is 3.33. The molecule has 2 N–H and O–H groups in total. The number of para-hydroxylation sites is 1. The molecular weight excluding hydrogens is 292 g/mol. The molecule has 1 unspecified atom stereocenters. The molecule has 0 radical (unpaired) electrons. The van der Waals surface area contributed by atoms with Gasteiger partial charge in [0.25, 0.3) is 5.56 Å². The number of fused-ring (bicyclic) bond motifs is 2. The lowest BCUT2D eigenvalue weighted by Gasteiger charge is -2.23. The predicted molar refractivity (Wildman–Crippen MR) is 87.5 cm³/mol. The van der Waals surface area contributed by atoms with E-state index >= 15 is 0 Å². The molecular formula is C16H18N6O. The third kappa shape index (κ3) is 2.58. The molecule has 0 saturated carbocycles. The highest BCUT2D eigenvalue weighted by atomic mass is 16.1. The van der Waals surface area contributed by atoms with Gasteiger partial charge in [-0.2, -0.15) is 5.10 Å². The first-order valence-electron chi connectivity index (χ1n) is 7.91. The van der Waals surface area contributed by atoms with Gasteiger partial charge in [-0.3, -0.25) is 9.78 Å². The number of H-pyrrole nitrogens is 1. The van der Waals surface area contributed by atoms with Crippen LogP contribution in [0.3, 0.4) is 0 Å². The van der Waals surface area contributed by atoms with Crippen molar-refractivity contribution in [3.8, 4) is 0 Å². The molecule has 23 heavy (non-hydrogen) atoms. The Morgan fingerprint density at radius 1 is 1.35 bits per heavy atom. The number of aromatic amines is 1. The summed E-state index contributed by atoms with van der Waals surface area (Å²) in [7, 11) is 0. The van der Waals surface area contributed by atoms with Crippen molar-refractivity contribution in [2.24, 2.45) is 0 Å². The van der Waals surface area contributed by atoms with E-state index in [9.17, 15) is 4.79 Å². The molecule has 0 amide bonds. The molecule has 118 valence electrons. The SMILES string of the molecule is CCc1nc2n(n1)CC(Nc1nc3ccccc3c(=O)[nH]1)CC2. The first-order valence-corrected chi connectivity index (χ1v) is 7.91. The van der Waals surface area contributed by atoms with Crippen LogP contribution in [0.1, 0.15) is 25.0 Å². The largest absolute Gasteiger partial charge is 0.351 e. The molecule has 3 aromatic rings. The average Bonchev–Trinajstić information content (AvgIpc) is 2.97. The summed E-state index contributed by atoms with van der Waals surface area (Å²) in [5.41, 5.74) is 0.577. The summed E-state index contributed by atoms with van der Waals surface area (Å²) < 4.78 is 1.96. The van der Waals surface area contributed by atoms with Crippen LogP contribution in [0.2, 0.25) is 0 Å². The van der Waals surface area contributed by atoms with Gasteiger partial charge in [0, 0.05) is 18.9 Å². The fourth-order valence-corrected chi connectivity index (χ4v) is 2.98. The van der Waals surface area contributed by atoms with Crippen molar-refractivity contribution < 1.29 is 0 Å². The molecule has 1 aliphatic heterocycles. The number of rotatable bonds is 3. The van der Waals surface area contributed by atoms with Crippen molar-refractivity contribution in [2.45, 2.75) is 38.8 Å². The summed E-state index contributed by atoms with van der Waals surface area (Å²) in [6, 6.07) is 7.52. The second-order valence-corrected chi connectivity index (χ2v) is 5.79. The van der Waals surface area contributed by atoms with Gasteiger partial charge < -0.3 is 5.32 Å². The number of hydrogen-bond acceptors (Lipinski definition) is 5. The zero-order valence-electron chi connectivity index (χ0n) is 12.9. The van der Waals surface area contributed by atoms with Crippen LogP contribution < -0.4 is 10.9 Å². The Morgan fingerprint density at radius 3 is 3.09 bits per heavy atom. The number of nitrogens with one attached hydrogen (secondary N) is 2. The highest BCUT2D eigenvalue weighted by Gasteiger charge is 2.21. The quantitative estimate of drug-likeness (QED) is 0.765.